The molecule has 1 saturated heterocycles. The molecule has 1 aromatic heterocycles. The zero-order valence-electron chi connectivity index (χ0n) is 20.3. The molecule has 0 atom stereocenters. The maximum atomic E-state index is 12.8. The first kappa shape index (κ1) is 24.4. The number of nitrogens with zero attached hydrogens (tertiary/aromatic N) is 3. The lowest BCUT2D eigenvalue weighted by atomic mass is 9.96. The summed E-state index contributed by atoms with van der Waals surface area (Å²) >= 11 is 0. The molecule has 0 unspecified atom stereocenters. The normalized spacial score (nSPS) is 14.4. The fraction of sp³-hybridized carbons (Fsp3) is 0.321. The molecule has 2 aromatic carbocycles. The highest BCUT2D eigenvalue weighted by molar-refractivity contribution is 5.98. The second-order valence-electron chi connectivity index (χ2n) is 9.03. The zero-order chi connectivity index (χ0) is 24.8. The highest BCUT2D eigenvalue weighted by atomic mass is 16.5. The van der Waals surface area contributed by atoms with Crippen LogP contribution in [0.1, 0.15) is 18.4 Å². The number of aromatic nitrogens is 1. The highest BCUT2D eigenvalue weighted by Crippen LogP contribution is 2.32. The van der Waals surface area contributed by atoms with Crippen molar-refractivity contribution in [1.82, 2.24) is 9.88 Å². The van der Waals surface area contributed by atoms with E-state index in [4.69, 9.17) is 10.00 Å². The van der Waals surface area contributed by atoms with Gasteiger partial charge in [0.05, 0.1) is 18.4 Å². The molecule has 7 nitrogen and oxygen atoms in total. The van der Waals surface area contributed by atoms with Crippen molar-refractivity contribution < 1.29 is 9.53 Å². The maximum absolute atomic E-state index is 12.8. The summed E-state index contributed by atoms with van der Waals surface area (Å²) in [5, 5.41) is 17.6. The number of nitrogens with one attached hydrogen (secondary N) is 2. The lowest BCUT2D eigenvalue weighted by Crippen LogP contribution is -2.35. The third kappa shape index (κ3) is 5.86. The van der Waals surface area contributed by atoms with Gasteiger partial charge in [-0.1, -0.05) is 30.8 Å². The number of hydrogen-bond donors (Lipinski definition) is 2. The summed E-state index contributed by atoms with van der Waals surface area (Å²) in [6, 6.07) is 16.1. The molecular weight excluding hydrogens is 438 g/mol. The summed E-state index contributed by atoms with van der Waals surface area (Å²) in [6.07, 6.45) is 3.48. The van der Waals surface area contributed by atoms with Crippen molar-refractivity contribution in [2.24, 2.45) is 5.92 Å². The van der Waals surface area contributed by atoms with Crippen LogP contribution in [-0.4, -0.2) is 49.6 Å². The van der Waals surface area contributed by atoms with E-state index in [9.17, 15) is 4.79 Å². The molecule has 0 saturated carbocycles. The van der Waals surface area contributed by atoms with E-state index in [-0.39, 0.29) is 11.8 Å². The monoisotopic (exact) mass is 469 g/mol. The Morgan fingerprint density at radius 1 is 1.23 bits per heavy atom. The van der Waals surface area contributed by atoms with Crippen molar-refractivity contribution in [2.45, 2.75) is 19.4 Å². The molecule has 1 fully saturated rings. The van der Waals surface area contributed by atoms with Gasteiger partial charge >= 0.3 is 0 Å². The van der Waals surface area contributed by atoms with Gasteiger partial charge < -0.3 is 20.3 Å². The molecule has 4 rings (SSSR count). The summed E-state index contributed by atoms with van der Waals surface area (Å²) in [6.45, 7) is 6.46. The Morgan fingerprint density at radius 3 is 2.74 bits per heavy atom. The second kappa shape index (κ2) is 11.1. The van der Waals surface area contributed by atoms with Crippen LogP contribution in [0.5, 0.6) is 0 Å². The number of fused-ring (bicyclic) bond motifs is 1. The van der Waals surface area contributed by atoms with Crippen LogP contribution in [0.15, 0.2) is 60.8 Å². The van der Waals surface area contributed by atoms with Gasteiger partial charge in [0.15, 0.2) is 0 Å². The average molecular weight is 470 g/mol. The number of amides is 1. The molecule has 7 heteroatoms. The molecule has 3 aromatic rings. The van der Waals surface area contributed by atoms with E-state index in [0.29, 0.717) is 18.7 Å². The third-order valence-electron chi connectivity index (χ3n) is 6.46. The zero-order valence-corrected chi connectivity index (χ0v) is 20.3. The molecule has 0 radical (unpaired) electrons. The predicted octanol–water partition coefficient (Wildman–Crippen LogP) is 4.82. The fourth-order valence-electron chi connectivity index (χ4n) is 4.42. The summed E-state index contributed by atoms with van der Waals surface area (Å²) in [4.78, 5) is 19.6. The van der Waals surface area contributed by atoms with E-state index in [1.807, 2.05) is 24.3 Å². The molecule has 0 aliphatic carbocycles. The topological polar surface area (TPSA) is 90.3 Å². The Labute approximate surface area is 206 Å². The first-order valence-electron chi connectivity index (χ1n) is 11.8. The van der Waals surface area contributed by atoms with Gasteiger partial charge in [-0.25, -0.2) is 0 Å². The van der Waals surface area contributed by atoms with Crippen LogP contribution < -0.4 is 10.6 Å². The van der Waals surface area contributed by atoms with Crippen molar-refractivity contribution in [3.63, 3.8) is 0 Å². The van der Waals surface area contributed by atoms with Crippen molar-refractivity contribution in [3.05, 3.63) is 66.4 Å². The van der Waals surface area contributed by atoms with E-state index >= 15 is 0 Å². The maximum Gasteiger partial charge on any atom is 0.227 e. The number of benzene rings is 2. The molecule has 180 valence electrons. The van der Waals surface area contributed by atoms with Gasteiger partial charge in [-0.15, -0.1) is 0 Å². The second-order valence-corrected chi connectivity index (χ2v) is 9.03. The molecule has 1 aliphatic heterocycles. The number of likely N-dealkylation sites (tertiary alicyclic amines) is 1. The lowest BCUT2D eigenvalue weighted by Gasteiger charge is -2.28. The molecule has 0 bridgehead atoms. The number of carbonyl (C=O) groups excluding carboxylic acids is 1. The Bertz CT molecular complexity index is 1270. The number of methoxy groups -OCH3 is 1. The fourth-order valence-corrected chi connectivity index (χ4v) is 4.42. The highest BCUT2D eigenvalue weighted by Gasteiger charge is 2.23. The summed E-state index contributed by atoms with van der Waals surface area (Å²) < 4.78 is 5.39. The molecule has 0 spiro atoms. The van der Waals surface area contributed by atoms with Crippen LogP contribution in [0.25, 0.3) is 22.0 Å². The van der Waals surface area contributed by atoms with Gasteiger partial charge in [-0.3, -0.25) is 9.78 Å². The number of rotatable bonds is 8. The molecule has 1 aliphatic rings. The first-order valence-corrected chi connectivity index (χ1v) is 11.8. The lowest BCUT2D eigenvalue weighted by molar-refractivity contribution is -0.121. The van der Waals surface area contributed by atoms with Gasteiger partial charge in [0, 0.05) is 59.2 Å². The van der Waals surface area contributed by atoms with Crippen molar-refractivity contribution >= 4 is 28.1 Å². The van der Waals surface area contributed by atoms with Crippen molar-refractivity contribution in [2.75, 3.05) is 44.4 Å². The number of hydrogen-bond acceptors (Lipinski definition) is 6. The quantitative estimate of drug-likeness (QED) is 0.460. The summed E-state index contributed by atoms with van der Waals surface area (Å²) in [7, 11) is 3.75. The predicted molar refractivity (Wildman–Crippen MR) is 140 cm³/mol. The van der Waals surface area contributed by atoms with E-state index in [2.05, 4.69) is 58.4 Å². The van der Waals surface area contributed by atoms with Gasteiger partial charge in [0.2, 0.25) is 5.91 Å². The van der Waals surface area contributed by atoms with E-state index in [0.717, 1.165) is 64.9 Å². The van der Waals surface area contributed by atoms with E-state index < -0.39 is 0 Å². The molecule has 1 amide bonds. The van der Waals surface area contributed by atoms with Gasteiger partial charge in [-0.05, 0) is 56.6 Å². The Morgan fingerprint density at radius 2 is 2.00 bits per heavy atom. The third-order valence-corrected chi connectivity index (χ3v) is 6.46. The van der Waals surface area contributed by atoms with E-state index in [1.54, 1.807) is 13.3 Å². The van der Waals surface area contributed by atoms with Crippen LogP contribution in [0.4, 0.5) is 11.4 Å². The average Bonchev–Trinajstić information content (AvgIpc) is 2.88. The van der Waals surface area contributed by atoms with Crippen LogP contribution >= 0.6 is 0 Å². The molecule has 35 heavy (non-hydrogen) atoms. The minimum absolute atomic E-state index is 0.0412. The number of anilines is 2. The number of ether oxygens (including phenoxy) is 1. The number of carbonyl (C=O) groups is 1. The molecule has 2 N–H and O–H groups in total. The number of pyridine rings is 1. The van der Waals surface area contributed by atoms with Gasteiger partial charge in [0.25, 0.3) is 0 Å². The Hall–Kier alpha value is -3.73. The van der Waals surface area contributed by atoms with Gasteiger partial charge in [-0.2, -0.15) is 5.26 Å². The summed E-state index contributed by atoms with van der Waals surface area (Å²) in [5.74, 6) is 0.113. The Kier molecular flexibility index (Phi) is 7.76. The van der Waals surface area contributed by atoms with Crippen LogP contribution in [0.3, 0.4) is 0 Å². The SMILES string of the molecule is C=C(C#N)CNc1c(COC)ccc2ccc(-c3cc(NC(=O)C4CCN(C)CC4)ccn3)cc12. The number of piperidine rings is 1. The van der Waals surface area contributed by atoms with Gasteiger partial charge in [0.1, 0.15) is 0 Å². The standard InChI is InChI=1S/C28H31N5O2/c1-19(16-29)17-31-27-23(18-35-3)7-5-20-4-6-22(14-25(20)27)26-15-24(8-11-30-26)32-28(34)21-9-12-33(2)13-10-21/h4-8,11,14-15,21,31H,1,9-10,12-13,17-18H2,2-3H3,(H,30,32,34). The van der Waals surface area contributed by atoms with Crippen LogP contribution in [-0.2, 0) is 16.1 Å². The summed E-state index contributed by atoms with van der Waals surface area (Å²) in [5.41, 5.74) is 4.82. The largest absolute Gasteiger partial charge is 0.380 e. The molecule has 2 heterocycles. The van der Waals surface area contributed by atoms with Crippen LogP contribution in [0, 0.1) is 17.2 Å². The van der Waals surface area contributed by atoms with Crippen molar-refractivity contribution in [3.8, 4) is 17.3 Å². The minimum atomic E-state index is 0.0412. The van der Waals surface area contributed by atoms with Crippen LogP contribution in [0.2, 0.25) is 0 Å². The van der Waals surface area contributed by atoms with Crippen molar-refractivity contribution in [1.29, 1.82) is 5.26 Å². The Balaban J connectivity index is 1.62. The first-order chi connectivity index (χ1) is 17.0. The minimum Gasteiger partial charge on any atom is -0.380 e. The smallest absolute Gasteiger partial charge is 0.227 e. The number of nitriles is 1. The van der Waals surface area contributed by atoms with E-state index in [1.165, 1.54) is 0 Å². The molecular formula is C28H31N5O2.